The molecule has 0 bridgehead atoms. The number of nitrogens with zero attached hydrogens (tertiary/aromatic N) is 1. The Morgan fingerprint density at radius 2 is 1.85 bits per heavy atom. The molecular weight excluding hydrogens is 252 g/mol. The second kappa shape index (κ2) is 6.18. The number of rotatable bonds is 5. The van der Waals surface area contributed by atoms with Crippen molar-refractivity contribution in [3.05, 3.63) is 30.3 Å². The third kappa shape index (κ3) is 3.25. The Balaban J connectivity index is 2.06. The fourth-order valence-corrected chi connectivity index (χ4v) is 2.73. The van der Waals surface area contributed by atoms with Crippen LogP contribution in [0.25, 0.3) is 0 Å². The highest BCUT2D eigenvalue weighted by molar-refractivity contribution is 6.22. The fourth-order valence-electron chi connectivity index (χ4n) is 2.73. The van der Waals surface area contributed by atoms with Crippen LogP contribution in [0.2, 0.25) is 0 Å². The van der Waals surface area contributed by atoms with E-state index in [1.54, 1.807) is 12.1 Å². The van der Waals surface area contributed by atoms with E-state index in [0.717, 1.165) is 6.42 Å². The summed E-state index contributed by atoms with van der Waals surface area (Å²) in [6.45, 7) is 6.36. The summed E-state index contributed by atoms with van der Waals surface area (Å²) in [6.07, 6.45) is 1.24. The number of para-hydroxylation sites is 1. The molecule has 0 aromatic heterocycles. The molecule has 2 rings (SSSR count). The molecule has 4 heteroatoms. The SMILES string of the molecule is CC(C)CC(C)NC1CC(=O)N(c2ccccc2)C1=O. The first-order valence-corrected chi connectivity index (χ1v) is 7.17. The quantitative estimate of drug-likeness (QED) is 0.838. The monoisotopic (exact) mass is 274 g/mol. The van der Waals surface area contributed by atoms with Gasteiger partial charge in [0.2, 0.25) is 5.91 Å². The predicted octanol–water partition coefficient (Wildman–Crippen LogP) is 2.34. The molecule has 1 fully saturated rings. The van der Waals surface area contributed by atoms with Crippen molar-refractivity contribution in [3.8, 4) is 0 Å². The molecule has 20 heavy (non-hydrogen) atoms. The Kier molecular flexibility index (Phi) is 4.55. The number of carbonyl (C=O) groups excluding carboxylic acids is 2. The summed E-state index contributed by atoms with van der Waals surface area (Å²) in [6, 6.07) is 8.94. The highest BCUT2D eigenvalue weighted by Gasteiger charge is 2.39. The second-order valence-corrected chi connectivity index (χ2v) is 5.86. The average Bonchev–Trinajstić information content (AvgIpc) is 2.64. The van der Waals surface area contributed by atoms with Gasteiger partial charge in [-0.15, -0.1) is 0 Å². The Morgan fingerprint density at radius 1 is 1.20 bits per heavy atom. The first-order valence-electron chi connectivity index (χ1n) is 7.17. The molecule has 1 aliphatic heterocycles. The zero-order valence-electron chi connectivity index (χ0n) is 12.3. The van der Waals surface area contributed by atoms with Crippen molar-refractivity contribution in [1.29, 1.82) is 0 Å². The van der Waals surface area contributed by atoms with E-state index in [0.29, 0.717) is 11.6 Å². The zero-order chi connectivity index (χ0) is 14.7. The Hall–Kier alpha value is -1.68. The van der Waals surface area contributed by atoms with Gasteiger partial charge in [-0.25, -0.2) is 4.90 Å². The second-order valence-electron chi connectivity index (χ2n) is 5.86. The summed E-state index contributed by atoms with van der Waals surface area (Å²) in [4.78, 5) is 25.7. The standard InChI is InChI=1S/C16H22N2O2/c1-11(2)9-12(3)17-14-10-15(19)18(16(14)20)13-7-5-4-6-8-13/h4-8,11-12,14,17H,9-10H2,1-3H3. The number of benzene rings is 1. The summed E-state index contributed by atoms with van der Waals surface area (Å²) in [5, 5.41) is 3.28. The van der Waals surface area contributed by atoms with Crippen LogP contribution < -0.4 is 10.2 Å². The number of anilines is 1. The largest absolute Gasteiger partial charge is 0.303 e. The van der Waals surface area contributed by atoms with Crippen LogP contribution in [0.15, 0.2) is 30.3 Å². The third-order valence-electron chi connectivity index (χ3n) is 3.47. The molecule has 4 nitrogen and oxygen atoms in total. The molecule has 2 unspecified atom stereocenters. The number of hydrogen-bond acceptors (Lipinski definition) is 3. The van der Waals surface area contributed by atoms with Gasteiger partial charge >= 0.3 is 0 Å². The van der Waals surface area contributed by atoms with Crippen molar-refractivity contribution < 1.29 is 9.59 Å². The van der Waals surface area contributed by atoms with Gasteiger partial charge in [0, 0.05) is 6.04 Å². The zero-order valence-corrected chi connectivity index (χ0v) is 12.3. The first-order chi connectivity index (χ1) is 9.49. The van der Waals surface area contributed by atoms with E-state index in [2.05, 4.69) is 26.1 Å². The maximum absolute atomic E-state index is 12.4. The lowest BCUT2D eigenvalue weighted by molar-refractivity contribution is -0.121. The molecule has 2 atom stereocenters. The van der Waals surface area contributed by atoms with Crippen LogP contribution >= 0.6 is 0 Å². The van der Waals surface area contributed by atoms with Crippen molar-refractivity contribution in [3.63, 3.8) is 0 Å². The Morgan fingerprint density at radius 3 is 2.45 bits per heavy atom. The van der Waals surface area contributed by atoms with E-state index >= 15 is 0 Å². The smallest absolute Gasteiger partial charge is 0.251 e. The van der Waals surface area contributed by atoms with Crippen molar-refractivity contribution >= 4 is 17.5 Å². The molecule has 0 radical (unpaired) electrons. The number of amides is 2. The summed E-state index contributed by atoms with van der Waals surface area (Å²) >= 11 is 0. The number of imide groups is 1. The fraction of sp³-hybridized carbons (Fsp3) is 0.500. The van der Waals surface area contributed by atoms with Crippen LogP contribution in [0, 0.1) is 5.92 Å². The predicted molar refractivity (Wildman–Crippen MR) is 79.4 cm³/mol. The van der Waals surface area contributed by atoms with Gasteiger partial charge in [0.15, 0.2) is 0 Å². The number of hydrogen-bond donors (Lipinski definition) is 1. The third-order valence-corrected chi connectivity index (χ3v) is 3.47. The van der Waals surface area contributed by atoms with Gasteiger partial charge in [-0.05, 0) is 31.4 Å². The average molecular weight is 274 g/mol. The molecule has 1 aliphatic rings. The molecule has 0 saturated carbocycles. The minimum atomic E-state index is -0.392. The highest BCUT2D eigenvalue weighted by Crippen LogP contribution is 2.23. The molecule has 0 aliphatic carbocycles. The lowest BCUT2D eigenvalue weighted by atomic mass is 10.0. The lowest BCUT2D eigenvalue weighted by Gasteiger charge is -2.20. The van der Waals surface area contributed by atoms with Gasteiger partial charge < -0.3 is 5.32 Å². The van der Waals surface area contributed by atoms with Gasteiger partial charge in [0.25, 0.3) is 5.91 Å². The normalized spacial score (nSPS) is 20.8. The van der Waals surface area contributed by atoms with E-state index in [1.165, 1.54) is 4.90 Å². The maximum atomic E-state index is 12.4. The van der Waals surface area contributed by atoms with E-state index in [4.69, 9.17) is 0 Å². The van der Waals surface area contributed by atoms with Gasteiger partial charge in [0.1, 0.15) is 0 Å². The molecule has 1 saturated heterocycles. The van der Waals surface area contributed by atoms with E-state index in [9.17, 15) is 9.59 Å². The summed E-state index contributed by atoms with van der Waals surface area (Å²) in [7, 11) is 0. The van der Waals surface area contributed by atoms with Gasteiger partial charge in [-0.2, -0.15) is 0 Å². The van der Waals surface area contributed by atoms with Crippen LogP contribution in [0.4, 0.5) is 5.69 Å². The van der Waals surface area contributed by atoms with Crippen molar-refractivity contribution in [2.45, 2.75) is 45.7 Å². The van der Waals surface area contributed by atoms with E-state index in [-0.39, 0.29) is 24.3 Å². The van der Waals surface area contributed by atoms with Crippen molar-refractivity contribution in [2.75, 3.05) is 4.90 Å². The molecule has 0 spiro atoms. The van der Waals surface area contributed by atoms with Crippen LogP contribution in [-0.2, 0) is 9.59 Å². The first kappa shape index (κ1) is 14.7. The van der Waals surface area contributed by atoms with Crippen LogP contribution in [-0.4, -0.2) is 23.9 Å². The Bertz CT molecular complexity index is 485. The topological polar surface area (TPSA) is 49.4 Å². The number of carbonyl (C=O) groups is 2. The van der Waals surface area contributed by atoms with Gasteiger partial charge in [-0.3, -0.25) is 9.59 Å². The minimum Gasteiger partial charge on any atom is -0.303 e. The molecule has 1 aromatic carbocycles. The maximum Gasteiger partial charge on any atom is 0.251 e. The van der Waals surface area contributed by atoms with Crippen molar-refractivity contribution in [1.82, 2.24) is 5.32 Å². The van der Waals surface area contributed by atoms with Crippen LogP contribution in [0.3, 0.4) is 0 Å². The molecular formula is C16H22N2O2. The van der Waals surface area contributed by atoms with E-state index < -0.39 is 6.04 Å². The van der Waals surface area contributed by atoms with Crippen LogP contribution in [0.5, 0.6) is 0 Å². The lowest BCUT2D eigenvalue weighted by Crippen LogP contribution is -2.43. The summed E-state index contributed by atoms with van der Waals surface area (Å²) < 4.78 is 0. The summed E-state index contributed by atoms with van der Waals surface area (Å²) in [5.74, 6) is 0.294. The van der Waals surface area contributed by atoms with Crippen LogP contribution in [0.1, 0.15) is 33.6 Å². The molecule has 108 valence electrons. The number of nitrogens with one attached hydrogen (secondary N) is 1. The minimum absolute atomic E-state index is 0.129. The Labute approximate surface area is 120 Å². The van der Waals surface area contributed by atoms with Crippen molar-refractivity contribution in [2.24, 2.45) is 5.92 Å². The summed E-state index contributed by atoms with van der Waals surface area (Å²) in [5.41, 5.74) is 0.656. The van der Waals surface area contributed by atoms with E-state index in [1.807, 2.05) is 18.2 Å². The molecule has 1 heterocycles. The highest BCUT2D eigenvalue weighted by atomic mass is 16.2. The molecule has 1 N–H and O–H groups in total. The van der Waals surface area contributed by atoms with Gasteiger partial charge in [-0.1, -0.05) is 32.0 Å². The molecule has 2 amide bonds. The van der Waals surface area contributed by atoms with Gasteiger partial charge in [0.05, 0.1) is 18.2 Å². The molecule has 1 aromatic rings.